The average molecular weight is 320 g/mol. The van der Waals surface area contributed by atoms with E-state index < -0.39 is 16.9 Å². The Morgan fingerprint density at radius 3 is 2.19 bits per heavy atom. The topological polar surface area (TPSA) is 37.3 Å². The first-order valence-electron chi connectivity index (χ1n) is 6.78. The number of hydrogen-bond acceptors (Lipinski definition) is 2. The van der Waals surface area contributed by atoms with E-state index in [1.165, 1.54) is 24.3 Å². The molecule has 1 aromatic carbocycles. The standard InChI is InChI=1S/C15H19F3O2S/c1-3-4-5-10-14(2,13(19)20)11-6-8-12(9-7-11)21-15(16,17)18/h6-9H,3-5,10H2,1-2H3,(H,19,20). The Bertz CT molecular complexity index is 471. The van der Waals surface area contributed by atoms with E-state index in [0.29, 0.717) is 12.0 Å². The maximum atomic E-state index is 12.3. The number of aliphatic carboxylic acids is 1. The van der Waals surface area contributed by atoms with Gasteiger partial charge in [-0.2, -0.15) is 13.2 Å². The molecular formula is C15H19F3O2S. The Hall–Kier alpha value is -1.17. The molecule has 0 aromatic heterocycles. The lowest BCUT2D eigenvalue weighted by Crippen LogP contribution is -2.32. The van der Waals surface area contributed by atoms with Crippen molar-refractivity contribution in [2.45, 2.75) is 55.3 Å². The summed E-state index contributed by atoms with van der Waals surface area (Å²) in [5.41, 5.74) is -4.85. The minimum Gasteiger partial charge on any atom is -0.481 e. The first-order chi connectivity index (χ1) is 9.69. The van der Waals surface area contributed by atoms with Crippen molar-refractivity contribution in [3.8, 4) is 0 Å². The van der Waals surface area contributed by atoms with Crippen LogP contribution in [-0.4, -0.2) is 16.6 Å². The molecule has 0 saturated carbocycles. The van der Waals surface area contributed by atoms with E-state index >= 15 is 0 Å². The van der Waals surface area contributed by atoms with Crippen LogP contribution in [-0.2, 0) is 10.2 Å². The van der Waals surface area contributed by atoms with E-state index in [-0.39, 0.29) is 16.7 Å². The predicted molar refractivity (Wildman–Crippen MR) is 77.5 cm³/mol. The lowest BCUT2D eigenvalue weighted by atomic mass is 9.78. The van der Waals surface area contributed by atoms with Crippen molar-refractivity contribution in [3.63, 3.8) is 0 Å². The second kappa shape index (κ2) is 7.20. The van der Waals surface area contributed by atoms with E-state index in [2.05, 4.69) is 0 Å². The highest BCUT2D eigenvalue weighted by atomic mass is 32.2. The van der Waals surface area contributed by atoms with Gasteiger partial charge < -0.3 is 5.11 Å². The first-order valence-corrected chi connectivity index (χ1v) is 7.60. The van der Waals surface area contributed by atoms with Crippen LogP contribution in [0.5, 0.6) is 0 Å². The first kappa shape index (κ1) is 17.9. The Kier molecular flexibility index (Phi) is 6.13. The third kappa shape index (κ3) is 5.26. The summed E-state index contributed by atoms with van der Waals surface area (Å²) in [7, 11) is 0. The molecule has 118 valence electrons. The van der Waals surface area contributed by atoms with Gasteiger partial charge in [-0.25, -0.2) is 0 Å². The highest BCUT2D eigenvalue weighted by Gasteiger charge is 2.35. The Morgan fingerprint density at radius 2 is 1.76 bits per heavy atom. The van der Waals surface area contributed by atoms with E-state index in [0.717, 1.165) is 19.3 Å². The molecule has 0 aliphatic rings. The third-order valence-electron chi connectivity index (χ3n) is 3.48. The second-order valence-electron chi connectivity index (χ2n) is 5.17. The summed E-state index contributed by atoms with van der Waals surface area (Å²) in [5.74, 6) is -0.949. The molecule has 2 nitrogen and oxygen atoms in total. The number of carboxylic acid groups (broad SMARTS) is 1. The van der Waals surface area contributed by atoms with Crippen LogP contribution in [0, 0.1) is 0 Å². The van der Waals surface area contributed by atoms with E-state index in [9.17, 15) is 23.1 Å². The van der Waals surface area contributed by atoms with Crippen molar-refractivity contribution < 1.29 is 23.1 Å². The lowest BCUT2D eigenvalue weighted by Gasteiger charge is -2.25. The summed E-state index contributed by atoms with van der Waals surface area (Å²) in [5, 5.41) is 9.46. The predicted octanol–water partition coefficient (Wildman–Crippen LogP) is 5.22. The van der Waals surface area contributed by atoms with Crippen LogP contribution in [0.25, 0.3) is 0 Å². The Balaban J connectivity index is 2.91. The van der Waals surface area contributed by atoms with Gasteiger partial charge in [0.15, 0.2) is 0 Å². The average Bonchev–Trinajstić information content (AvgIpc) is 2.37. The summed E-state index contributed by atoms with van der Waals surface area (Å²) < 4.78 is 36.8. The number of carboxylic acids is 1. The van der Waals surface area contributed by atoms with Gasteiger partial charge in [0.25, 0.3) is 0 Å². The molecule has 6 heteroatoms. The number of alkyl halides is 3. The molecule has 1 unspecified atom stereocenters. The Morgan fingerprint density at radius 1 is 1.19 bits per heavy atom. The largest absolute Gasteiger partial charge is 0.481 e. The molecule has 21 heavy (non-hydrogen) atoms. The SMILES string of the molecule is CCCCCC(C)(C(=O)O)c1ccc(SC(F)(F)F)cc1. The van der Waals surface area contributed by atoms with Crippen LogP contribution >= 0.6 is 11.8 Å². The summed E-state index contributed by atoms with van der Waals surface area (Å²) in [6, 6.07) is 5.62. The molecule has 0 aliphatic heterocycles. The molecule has 0 aliphatic carbocycles. The maximum absolute atomic E-state index is 12.3. The molecule has 0 radical (unpaired) electrons. The zero-order chi connectivity index (χ0) is 16.1. The highest BCUT2D eigenvalue weighted by molar-refractivity contribution is 8.00. The smallest absolute Gasteiger partial charge is 0.446 e. The molecule has 1 rings (SSSR count). The minimum atomic E-state index is -4.33. The van der Waals surface area contributed by atoms with E-state index in [1.54, 1.807) is 6.92 Å². The summed E-state index contributed by atoms with van der Waals surface area (Å²) in [4.78, 5) is 11.6. The van der Waals surface area contributed by atoms with Crippen molar-refractivity contribution in [1.82, 2.24) is 0 Å². The van der Waals surface area contributed by atoms with Gasteiger partial charge in [-0.1, -0.05) is 38.3 Å². The van der Waals surface area contributed by atoms with Crippen LogP contribution in [0.1, 0.15) is 45.1 Å². The fourth-order valence-electron chi connectivity index (χ4n) is 2.13. The number of thioether (sulfide) groups is 1. The van der Waals surface area contributed by atoms with Crippen molar-refractivity contribution in [1.29, 1.82) is 0 Å². The quantitative estimate of drug-likeness (QED) is 0.553. The summed E-state index contributed by atoms with van der Waals surface area (Å²) in [6.07, 6.45) is 3.17. The van der Waals surface area contributed by atoms with Gasteiger partial charge >= 0.3 is 11.5 Å². The number of carbonyl (C=O) groups is 1. The van der Waals surface area contributed by atoms with Crippen LogP contribution in [0.3, 0.4) is 0 Å². The van der Waals surface area contributed by atoms with E-state index in [1.807, 2.05) is 6.92 Å². The minimum absolute atomic E-state index is 0.0625. The van der Waals surface area contributed by atoms with Gasteiger partial charge in [0.2, 0.25) is 0 Å². The number of hydrogen-bond donors (Lipinski definition) is 1. The van der Waals surface area contributed by atoms with Gasteiger partial charge in [-0.15, -0.1) is 0 Å². The summed E-state index contributed by atoms with van der Waals surface area (Å²) >= 11 is -0.197. The number of rotatable bonds is 7. The molecule has 0 bridgehead atoms. The van der Waals surface area contributed by atoms with Gasteiger partial charge in [-0.05, 0) is 42.8 Å². The highest BCUT2D eigenvalue weighted by Crippen LogP contribution is 2.38. The molecular weight excluding hydrogens is 301 g/mol. The zero-order valence-electron chi connectivity index (χ0n) is 12.0. The van der Waals surface area contributed by atoms with Crippen molar-refractivity contribution >= 4 is 17.7 Å². The van der Waals surface area contributed by atoms with Crippen LogP contribution < -0.4 is 0 Å². The van der Waals surface area contributed by atoms with Crippen molar-refractivity contribution in [3.05, 3.63) is 29.8 Å². The van der Waals surface area contributed by atoms with Crippen LogP contribution in [0.4, 0.5) is 13.2 Å². The van der Waals surface area contributed by atoms with Gasteiger partial charge in [-0.3, -0.25) is 4.79 Å². The zero-order valence-corrected chi connectivity index (χ0v) is 12.9. The Labute approximate surface area is 126 Å². The van der Waals surface area contributed by atoms with Gasteiger partial charge in [0.1, 0.15) is 0 Å². The number of halogens is 3. The van der Waals surface area contributed by atoms with Crippen LogP contribution in [0.15, 0.2) is 29.2 Å². The fourth-order valence-corrected chi connectivity index (χ4v) is 2.67. The third-order valence-corrected chi connectivity index (χ3v) is 4.22. The molecule has 1 aromatic rings. The monoisotopic (exact) mass is 320 g/mol. The molecule has 0 amide bonds. The molecule has 0 heterocycles. The molecule has 0 saturated heterocycles. The normalized spacial score (nSPS) is 14.7. The molecule has 0 fully saturated rings. The van der Waals surface area contributed by atoms with Crippen molar-refractivity contribution in [2.24, 2.45) is 0 Å². The molecule has 1 N–H and O–H groups in total. The van der Waals surface area contributed by atoms with Crippen molar-refractivity contribution in [2.75, 3.05) is 0 Å². The van der Waals surface area contributed by atoms with Gasteiger partial charge in [0.05, 0.1) is 5.41 Å². The number of benzene rings is 1. The maximum Gasteiger partial charge on any atom is 0.446 e. The molecule has 0 spiro atoms. The second-order valence-corrected chi connectivity index (χ2v) is 6.30. The number of unbranched alkanes of at least 4 members (excludes halogenated alkanes) is 2. The van der Waals surface area contributed by atoms with E-state index in [4.69, 9.17) is 0 Å². The summed E-state index contributed by atoms with van der Waals surface area (Å²) in [6.45, 7) is 3.65. The fraction of sp³-hybridized carbons (Fsp3) is 0.533. The molecule has 1 atom stereocenters. The van der Waals surface area contributed by atoms with Gasteiger partial charge in [0, 0.05) is 4.90 Å². The van der Waals surface area contributed by atoms with Crippen LogP contribution in [0.2, 0.25) is 0 Å². The lowest BCUT2D eigenvalue weighted by molar-refractivity contribution is -0.143.